The van der Waals surface area contributed by atoms with Gasteiger partial charge in [-0.3, -0.25) is 9.59 Å². The van der Waals surface area contributed by atoms with E-state index in [2.05, 4.69) is 37.2 Å². The van der Waals surface area contributed by atoms with Crippen LogP contribution in [0, 0.1) is 0 Å². The average molecular weight is 542 g/mol. The monoisotopic (exact) mass is 540 g/mol. The first-order valence-electron chi connectivity index (χ1n) is 9.54. The van der Waals surface area contributed by atoms with Crippen LogP contribution in [-0.2, 0) is 21.9 Å². The Labute approximate surface area is 194 Å². The van der Waals surface area contributed by atoms with Gasteiger partial charge in [0.2, 0.25) is 11.8 Å². The number of benzene rings is 2. The van der Waals surface area contributed by atoms with Crippen LogP contribution in [0.4, 0.5) is 0 Å². The molecule has 0 unspecified atom stereocenters. The molecule has 0 aliphatic heterocycles. The number of halogens is 2. The fraction of sp³-hybridized carbons (Fsp3) is 0.364. The van der Waals surface area contributed by atoms with Crippen LogP contribution < -0.4 is 5.32 Å². The molecule has 2 aromatic rings. The highest BCUT2D eigenvalue weighted by molar-refractivity contribution is 9.10. The first kappa shape index (κ1) is 24.0. The molecule has 0 saturated heterocycles. The van der Waals surface area contributed by atoms with Crippen LogP contribution in [0.1, 0.15) is 31.4 Å². The molecule has 29 heavy (non-hydrogen) atoms. The Balaban J connectivity index is 2.04. The first-order valence-corrected chi connectivity index (χ1v) is 12.3. The number of nitrogens with zero attached hydrogens (tertiary/aromatic N) is 1. The van der Waals surface area contributed by atoms with Crippen molar-refractivity contribution in [2.75, 3.05) is 12.3 Å². The van der Waals surface area contributed by atoms with E-state index in [4.69, 9.17) is 0 Å². The third-order valence-electron chi connectivity index (χ3n) is 4.37. The summed E-state index contributed by atoms with van der Waals surface area (Å²) in [5, 5.41) is 2.90. The molecule has 4 nitrogen and oxygen atoms in total. The zero-order valence-electron chi connectivity index (χ0n) is 16.7. The van der Waals surface area contributed by atoms with Gasteiger partial charge in [-0.15, -0.1) is 11.8 Å². The zero-order valence-corrected chi connectivity index (χ0v) is 20.6. The van der Waals surface area contributed by atoms with E-state index >= 15 is 0 Å². The van der Waals surface area contributed by atoms with Gasteiger partial charge in [0.05, 0.1) is 5.75 Å². The van der Waals surface area contributed by atoms with Crippen LogP contribution in [0.5, 0.6) is 0 Å². The largest absolute Gasteiger partial charge is 0.354 e. The zero-order chi connectivity index (χ0) is 21.2. The van der Waals surface area contributed by atoms with E-state index in [0.717, 1.165) is 26.7 Å². The topological polar surface area (TPSA) is 49.4 Å². The summed E-state index contributed by atoms with van der Waals surface area (Å²) in [6.07, 6.45) is 0.862. The summed E-state index contributed by atoms with van der Waals surface area (Å²) in [7, 11) is 0. The summed E-state index contributed by atoms with van der Waals surface area (Å²) in [6, 6.07) is 15.4. The molecule has 0 spiro atoms. The maximum Gasteiger partial charge on any atom is 0.242 e. The quantitative estimate of drug-likeness (QED) is 0.439. The number of nitrogens with one attached hydrogen (secondary N) is 1. The van der Waals surface area contributed by atoms with Crippen LogP contribution in [0.25, 0.3) is 0 Å². The summed E-state index contributed by atoms with van der Waals surface area (Å²) < 4.78 is 1.99. The Morgan fingerprint density at radius 2 is 1.79 bits per heavy atom. The minimum absolute atomic E-state index is 0.0359. The molecule has 0 aliphatic rings. The van der Waals surface area contributed by atoms with Gasteiger partial charge >= 0.3 is 0 Å². The highest BCUT2D eigenvalue weighted by atomic mass is 79.9. The van der Waals surface area contributed by atoms with Gasteiger partial charge in [0.25, 0.3) is 0 Å². The number of carbonyl (C=O) groups is 2. The van der Waals surface area contributed by atoms with Crippen LogP contribution >= 0.6 is 43.6 Å². The van der Waals surface area contributed by atoms with Gasteiger partial charge in [0.15, 0.2) is 0 Å². The molecule has 1 atom stereocenters. The average Bonchev–Trinajstić information content (AvgIpc) is 2.71. The smallest absolute Gasteiger partial charge is 0.242 e. The molecule has 2 aromatic carbocycles. The number of rotatable bonds is 10. The van der Waals surface area contributed by atoms with E-state index in [1.165, 1.54) is 5.56 Å². The lowest BCUT2D eigenvalue weighted by molar-refractivity contribution is -0.138. The van der Waals surface area contributed by atoms with Crippen LogP contribution in [0.15, 0.2) is 57.5 Å². The normalized spacial score (nSPS) is 11.7. The molecular weight excluding hydrogens is 516 g/mol. The second kappa shape index (κ2) is 12.4. The second-order valence-electron chi connectivity index (χ2n) is 6.74. The van der Waals surface area contributed by atoms with Gasteiger partial charge in [-0.25, -0.2) is 0 Å². The Morgan fingerprint density at radius 3 is 2.45 bits per heavy atom. The highest BCUT2D eigenvalue weighted by Crippen LogP contribution is 2.19. The Morgan fingerprint density at radius 1 is 1.07 bits per heavy atom. The molecule has 0 bridgehead atoms. The fourth-order valence-corrected chi connectivity index (χ4v) is 4.31. The molecule has 0 aliphatic carbocycles. The molecule has 1 N–H and O–H groups in total. The van der Waals surface area contributed by atoms with Crippen molar-refractivity contribution < 1.29 is 9.59 Å². The van der Waals surface area contributed by atoms with Crippen LogP contribution in [0.2, 0.25) is 0 Å². The lowest BCUT2D eigenvalue weighted by Crippen LogP contribution is -2.48. The van der Waals surface area contributed by atoms with Crippen molar-refractivity contribution >= 4 is 55.4 Å². The molecule has 156 valence electrons. The van der Waals surface area contributed by atoms with Crippen LogP contribution in [-0.4, -0.2) is 35.1 Å². The fourth-order valence-electron chi connectivity index (χ4n) is 2.73. The maximum atomic E-state index is 13.0. The third kappa shape index (κ3) is 8.15. The van der Waals surface area contributed by atoms with Gasteiger partial charge in [-0.05, 0) is 48.7 Å². The van der Waals surface area contributed by atoms with E-state index in [1.54, 1.807) is 23.6 Å². The summed E-state index contributed by atoms with van der Waals surface area (Å²) in [5.74, 6) is 0.926. The predicted molar refractivity (Wildman–Crippen MR) is 128 cm³/mol. The molecular formula is C22H26Br2N2O2S. The molecule has 2 rings (SSSR count). The van der Waals surface area contributed by atoms with E-state index < -0.39 is 6.04 Å². The van der Waals surface area contributed by atoms with E-state index in [-0.39, 0.29) is 11.8 Å². The van der Waals surface area contributed by atoms with Crippen LogP contribution in [0.3, 0.4) is 0 Å². The molecule has 0 heterocycles. The van der Waals surface area contributed by atoms with E-state index in [1.807, 2.05) is 55.5 Å². The van der Waals surface area contributed by atoms with Gasteiger partial charge in [0.1, 0.15) is 6.04 Å². The van der Waals surface area contributed by atoms with Crippen molar-refractivity contribution in [1.29, 1.82) is 0 Å². The Hall–Kier alpha value is -1.31. The summed E-state index contributed by atoms with van der Waals surface area (Å²) in [5.41, 5.74) is 2.15. The standard InChI is InChI=1S/C22H26Br2N2O2S/c1-3-11-25-22(28)16(2)26(13-18-5-4-6-20(24)12-18)21(27)15-29-14-17-7-9-19(23)10-8-17/h4-10,12,16H,3,11,13-15H2,1-2H3,(H,25,28)/t16-/m1/s1. The van der Waals surface area contributed by atoms with Crippen molar-refractivity contribution in [3.05, 3.63) is 68.6 Å². The number of carbonyl (C=O) groups excluding carboxylic acids is 2. The maximum absolute atomic E-state index is 13.0. The van der Waals surface area contributed by atoms with Gasteiger partial charge in [-0.2, -0.15) is 0 Å². The van der Waals surface area contributed by atoms with Crippen molar-refractivity contribution in [3.63, 3.8) is 0 Å². The molecule has 7 heteroatoms. The van der Waals surface area contributed by atoms with Gasteiger partial charge in [0, 0.05) is 27.8 Å². The lowest BCUT2D eigenvalue weighted by Gasteiger charge is -2.29. The molecule has 0 fully saturated rings. The number of hydrogen-bond acceptors (Lipinski definition) is 3. The highest BCUT2D eigenvalue weighted by Gasteiger charge is 2.25. The van der Waals surface area contributed by atoms with E-state index in [9.17, 15) is 9.59 Å². The predicted octanol–water partition coefficient (Wildman–Crippen LogP) is 5.39. The number of thioether (sulfide) groups is 1. The Bertz CT molecular complexity index is 815. The van der Waals surface area contributed by atoms with Crippen molar-refractivity contribution in [2.45, 2.75) is 38.6 Å². The van der Waals surface area contributed by atoms with Crippen molar-refractivity contribution in [2.24, 2.45) is 0 Å². The number of hydrogen-bond donors (Lipinski definition) is 1. The minimum Gasteiger partial charge on any atom is -0.354 e. The summed E-state index contributed by atoms with van der Waals surface area (Å²) in [4.78, 5) is 27.2. The molecule has 0 saturated carbocycles. The molecule has 2 amide bonds. The molecule has 0 radical (unpaired) electrons. The van der Waals surface area contributed by atoms with Gasteiger partial charge < -0.3 is 10.2 Å². The van der Waals surface area contributed by atoms with E-state index in [0.29, 0.717) is 18.8 Å². The SMILES string of the molecule is CCCNC(=O)[C@@H](C)N(Cc1cccc(Br)c1)C(=O)CSCc1ccc(Br)cc1. The Kier molecular flexibility index (Phi) is 10.2. The van der Waals surface area contributed by atoms with Gasteiger partial charge in [-0.1, -0.05) is 63.0 Å². The summed E-state index contributed by atoms with van der Waals surface area (Å²) >= 11 is 8.46. The number of amides is 2. The van der Waals surface area contributed by atoms with Crippen molar-refractivity contribution in [3.8, 4) is 0 Å². The third-order valence-corrected chi connectivity index (χ3v) is 6.38. The lowest BCUT2D eigenvalue weighted by atomic mass is 10.1. The minimum atomic E-state index is -0.527. The first-order chi connectivity index (χ1) is 13.9. The summed E-state index contributed by atoms with van der Waals surface area (Å²) in [6.45, 7) is 4.81. The van der Waals surface area contributed by atoms with Crippen molar-refractivity contribution in [1.82, 2.24) is 10.2 Å². The second-order valence-corrected chi connectivity index (χ2v) is 9.55. The molecule has 0 aromatic heterocycles.